The van der Waals surface area contributed by atoms with Crippen molar-refractivity contribution < 1.29 is 9.59 Å². The molecule has 0 aliphatic rings. The molecule has 0 unspecified atom stereocenters. The summed E-state index contributed by atoms with van der Waals surface area (Å²) in [7, 11) is 0. The van der Waals surface area contributed by atoms with E-state index in [9.17, 15) is 9.59 Å². The van der Waals surface area contributed by atoms with Crippen molar-refractivity contribution in [2.75, 3.05) is 5.88 Å². The monoisotopic (exact) mass is 290 g/mol. The van der Waals surface area contributed by atoms with E-state index in [0.29, 0.717) is 5.56 Å². The maximum Gasteiger partial charge on any atom is 0.269 e. The summed E-state index contributed by atoms with van der Waals surface area (Å²) in [4.78, 5) is 22.1. The zero-order chi connectivity index (χ0) is 11.3. The van der Waals surface area contributed by atoms with Crippen molar-refractivity contribution in [1.82, 2.24) is 10.9 Å². The number of hydrogen-bond acceptors (Lipinski definition) is 2. The van der Waals surface area contributed by atoms with Crippen molar-refractivity contribution in [3.05, 3.63) is 34.3 Å². The summed E-state index contributed by atoms with van der Waals surface area (Å²) >= 11 is 8.48. The molecule has 0 fully saturated rings. The number of alkyl halides is 1. The first-order valence-corrected chi connectivity index (χ1v) is 5.37. The number of carbonyl (C=O) groups excluding carboxylic acids is 2. The highest BCUT2D eigenvalue weighted by Gasteiger charge is 2.05. The molecule has 0 saturated carbocycles. The third kappa shape index (κ3) is 3.89. The fraction of sp³-hybridized carbons (Fsp3) is 0.111. The number of benzene rings is 1. The van der Waals surface area contributed by atoms with Gasteiger partial charge in [0.1, 0.15) is 5.88 Å². The molecule has 1 aromatic rings. The number of rotatable bonds is 2. The van der Waals surface area contributed by atoms with Crippen molar-refractivity contribution in [2.45, 2.75) is 0 Å². The van der Waals surface area contributed by atoms with Crippen LogP contribution in [0.5, 0.6) is 0 Å². The van der Waals surface area contributed by atoms with Gasteiger partial charge >= 0.3 is 0 Å². The number of amides is 2. The van der Waals surface area contributed by atoms with E-state index in [-0.39, 0.29) is 11.8 Å². The number of hydrazine groups is 1. The van der Waals surface area contributed by atoms with E-state index in [1.54, 1.807) is 24.3 Å². The second-order valence-electron chi connectivity index (χ2n) is 2.64. The number of hydrogen-bond donors (Lipinski definition) is 2. The van der Waals surface area contributed by atoms with Crippen molar-refractivity contribution in [3.63, 3.8) is 0 Å². The van der Waals surface area contributed by atoms with Crippen molar-refractivity contribution >= 4 is 39.3 Å². The van der Waals surface area contributed by atoms with Crippen molar-refractivity contribution in [2.24, 2.45) is 0 Å². The Morgan fingerprint density at radius 3 is 2.33 bits per heavy atom. The van der Waals surface area contributed by atoms with Crippen LogP contribution in [-0.2, 0) is 4.79 Å². The molecule has 1 aromatic carbocycles. The summed E-state index contributed by atoms with van der Waals surface area (Å²) in [5.41, 5.74) is 4.85. The van der Waals surface area contributed by atoms with Crippen LogP contribution in [0.25, 0.3) is 0 Å². The molecule has 1 rings (SSSR count). The molecular weight excluding hydrogens is 283 g/mol. The van der Waals surface area contributed by atoms with Crippen LogP contribution in [0.15, 0.2) is 28.7 Å². The van der Waals surface area contributed by atoms with Crippen LogP contribution < -0.4 is 10.9 Å². The summed E-state index contributed by atoms with van der Waals surface area (Å²) < 4.78 is 0.879. The Balaban J connectivity index is 2.54. The second kappa shape index (κ2) is 5.72. The quantitative estimate of drug-likeness (QED) is 0.640. The van der Waals surface area contributed by atoms with Gasteiger partial charge in [-0.15, -0.1) is 11.6 Å². The molecule has 0 aliphatic carbocycles. The van der Waals surface area contributed by atoms with Crippen LogP contribution in [0.2, 0.25) is 0 Å². The van der Waals surface area contributed by atoms with Gasteiger partial charge in [0.2, 0.25) is 0 Å². The zero-order valence-corrected chi connectivity index (χ0v) is 9.93. The Morgan fingerprint density at radius 2 is 1.80 bits per heavy atom. The molecule has 4 nitrogen and oxygen atoms in total. The fourth-order valence-electron chi connectivity index (χ4n) is 0.833. The molecule has 0 atom stereocenters. The fourth-order valence-corrected chi connectivity index (χ4v) is 1.16. The van der Waals surface area contributed by atoms with Gasteiger partial charge in [0, 0.05) is 10.0 Å². The third-order valence-corrected chi connectivity index (χ3v) is 2.31. The minimum absolute atomic E-state index is 0.194. The van der Waals surface area contributed by atoms with Crippen LogP contribution >= 0.6 is 27.5 Å². The van der Waals surface area contributed by atoms with Crippen LogP contribution in [0, 0.1) is 0 Å². The lowest BCUT2D eigenvalue weighted by atomic mass is 10.2. The van der Waals surface area contributed by atoms with E-state index in [4.69, 9.17) is 11.6 Å². The summed E-state index contributed by atoms with van der Waals surface area (Å²) in [6, 6.07) is 6.73. The molecule has 0 heterocycles. The smallest absolute Gasteiger partial charge is 0.269 e. The molecule has 0 bridgehead atoms. The topological polar surface area (TPSA) is 58.2 Å². The molecule has 0 aliphatic heterocycles. The first-order chi connectivity index (χ1) is 7.13. The standard InChI is InChI=1S/C9H8BrClN2O2/c10-7-3-1-6(2-4-7)9(15)13-12-8(14)5-11/h1-4H,5H2,(H,12,14)(H,13,15). The molecule has 80 valence electrons. The highest BCUT2D eigenvalue weighted by Crippen LogP contribution is 2.09. The average Bonchev–Trinajstić information content (AvgIpc) is 2.26. The molecule has 0 radical (unpaired) electrons. The number of halogens is 2. The Hall–Kier alpha value is -1.07. The summed E-state index contributed by atoms with van der Waals surface area (Å²) in [6.07, 6.45) is 0. The highest BCUT2D eigenvalue weighted by atomic mass is 79.9. The maximum atomic E-state index is 11.4. The summed E-state index contributed by atoms with van der Waals surface area (Å²) in [5.74, 6) is -1.04. The van der Waals surface area contributed by atoms with Gasteiger partial charge in [0.05, 0.1) is 0 Å². The predicted octanol–water partition coefficient (Wildman–Crippen LogP) is 1.45. The molecule has 15 heavy (non-hydrogen) atoms. The van der Waals surface area contributed by atoms with Crippen LogP contribution in [-0.4, -0.2) is 17.7 Å². The zero-order valence-electron chi connectivity index (χ0n) is 7.59. The SMILES string of the molecule is O=C(CCl)NNC(=O)c1ccc(Br)cc1. The number of nitrogens with one attached hydrogen (secondary N) is 2. The first kappa shape index (κ1) is 12.0. The van der Waals surface area contributed by atoms with Crippen LogP contribution in [0.4, 0.5) is 0 Å². The van der Waals surface area contributed by atoms with E-state index < -0.39 is 5.91 Å². The predicted molar refractivity (Wildman–Crippen MR) is 60.5 cm³/mol. The number of carbonyl (C=O) groups is 2. The maximum absolute atomic E-state index is 11.4. The molecular formula is C9H8BrClN2O2. The molecule has 0 aromatic heterocycles. The Bertz CT molecular complexity index is 367. The van der Waals surface area contributed by atoms with Gasteiger partial charge < -0.3 is 0 Å². The van der Waals surface area contributed by atoms with Crippen molar-refractivity contribution in [1.29, 1.82) is 0 Å². The van der Waals surface area contributed by atoms with Gasteiger partial charge in [-0.05, 0) is 24.3 Å². The summed E-state index contributed by atoms with van der Waals surface area (Å²) in [5, 5.41) is 0. The third-order valence-electron chi connectivity index (χ3n) is 1.54. The first-order valence-electron chi connectivity index (χ1n) is 4.04. The molecule has 0 saturated heterocycles. The minimum atomic E-state index is -0.456. The Labute approximate surface area is 100 Å². The van der Waals surface area contributed by atoms with E-state index in [1.807, 2.05) is 0 Å². The van der Waals surface area contributed by atoms with Gasteiger partial charge in [-0.25, -0.2) is 0 Å². The molecule has 6 heteroatoms. The second-order valence-corrected chi connectivity index (χ2v) is 3.83. The molecule has 2 N–H and O–H groups in total. The minimum Gasteiger partial charge on any atom is -0.272 e. The van der Waals surface area contributed by atoms with Crippen LogP contribution in [0.1, 0.15) is 10.4 Å². The lowest BCUT2D eigenvalue weighted by Gasteiger charge is -2.05. The van der Waals surface area contributed by atoms with Gasteiger partial charge in [0.25, 0.3) is 11.8 Å². The van der Waals surface area contributed by atoms with E-state index >= 15 is 0 Å². The molecule has 2 amide bonds. The van der Waals surface area contributed by atoms with E-state index in [1.165, 1.54) is 0 Å². The Morgan fingerprint density at radius 1 is 1.20 bits per heavy atom. The van der Waals surface area contributed by atoms with Crippen LogP contribution in [0.3, 0.4) is 0 Å². The Kier molecular flexibility index (Phi) is 4.58. The van der Waals surface area contributed by atoms with Gasteiger partial charge in [0.15, 0.2) is 0 Å². The molecule has 0 spiro atoms. The average molecular weight is 292 g/mol. The highest BCUT2D eigenvalue weighted by molar-refractivity contribution is 9.10. The largest absolute Gasteiger partial charge is 0.272 e. The van der Waals surface area contributed by atoms with Gasteiger partial charge in [-0.2, -0.15) is 0 Å². The summed E-state index contributed by atoms with van der Waals surface area (Å²) in [6.45, 7) is 0. The van der Waals surface area contributed by atoms with E-state index in [0.717, 1.165) is 4.47 Å². The van der Waals surface area contributed by atoms with Crippen molar-refractivity contribution in [3.8, 4) is 0 Å². The van der Waals surface area contributed by atoms with Gasteiger partial charge in [-0.3, -0.25) is 20.4 Å². The van der Waals surface area contributed by atoms with E-state index in [2.05, 4.69) is 26.8 Å². The normalized spacial score (nSPS) is 9.47. The lowest BCUT2D eigenvalue weighted by molar-refractivity contribution is -0.119. The lowest BCUT2D eigenvalue weighted by Crippen LogP contribution is -2.42. The van der Waals surface area contributed by atoms with Gasteiger partial charge in [-0.1, -0.05) is 15.9 Å².